The highest BCUT2D eigenvalue weighted by Gasteiger charge is 2.17. The van der Waals surface area contributed by atoms with E-state index in [1.54, 1.807) is 12.1 Å². The van der Waals surface area contributed by atoms with Crippen LogP contribution >= 0.6 is 11.8 Å². The molecular formula is C12H11N5O2S. The summed E-state index contributed by atoms with van der Waals surface area (Å²) in [5.74, 6) is 0.709. The minimum atomic E-state index is -0.228. The number of rotatable bonds is 3. The lowest BCUT2D eigenvalue weighted by Gasteiger charge is -2.16. The normalized spacial score (nSPS) is 13.5. The van der Waals surface area contributed by atoms with E-state index in [2.05, 4.69) is 25.8 Å². The van der Waals surface area contributed by atoms with Crippen LogP contribution in [-0.4, -0.2) is 32.7 Å². The third-order valence-electron chi connectivity index (χ3n) is 2.76. The fraction of sp³-hybridized carbons (Fsp3) is 0.167. The molecule has 8 heteroatoms. The lowest BCUT2D eigenvalue weighted by Crippen LogP contribution is -2.24. The number of aromatic amines is 1. The van der Waals surface area contributed by atoms with Crippen LogP contribution in [0.5, 0.6) is 0 Å². The summed E-state index contributed by atoms with van der Waals surface area (Å²) < 4.78 is 0. The lowest BCUT2D eigenvalue weighted by atomic mass is 10.2. The zero-order chi connectivity index (χ0) is 13.9. The van der Waals surface area contributed by atoms with E-state index in [9.17, 15) is 9.59 Å². The number of hydrogen-bond acceptors (Lipinski definition) is 5. The maximum atomic E-state index is 12.0. The van der Waals surface area contributed by atoms with Crippen LogP contribution in [0.4, 0.5) is 5.69 Å². The van der Waals surface area contributed by atoms with Gasteiger partial charge in [0.2, 0.25) is 5.91 Å². The average Bonchev–Trinajstić information content (AvgIpc) is 2.97. The Morgan fingerprint density at radius 3 is 3.15 bits per heavy atom. The van der Waals surface area contributed by atoms with Crippen molar-refractivity contribution in [2.24, 2.45) is 0 Å². The molecule has 0 atom stereocenters. The van der Waals surface area contributed by atoms with Crippen molar-refractivity contribution < 1.29 is 9.59 Å². The third-order valence-corrected chi connectivity index (χ3v) is 3.83. The highest BCUT2D eigenvalue weighted by molar-refractivity contribution is 8.00. The first-order valence-corrected chi connectivity index (χ1v) is 6.90. The summed E-state index contributed by atoms with van der Waals surface area (Å²) in [7, 11) is 0. The quantitative estimate of drug-likeness (QED) is 0.775. The number of fused-ring (bicyclic) bond motifs is 1. The van der Waals surface area contributed by atoms with Gasteiger partial charge in [0, 0.05) is 10.5 Å². The first-order valence-electron chi connectivity index (χ1n) is 5.91. The van der Waals surface area contributed by atoms with Gasteiger partial charge in [-0.15, -0.1) is 11.8 Å². The largest absolute Gasteiger partial charge is 0.345 e. The number of anilines is 1. The highest BCUT2D eigenvalue weighted by Crippen LogP contribution is 2.31. The minimum absolute atomic E-state index is 0.0540. The van der Waals surface area contributed by atoms with Gasteiger partial charge in [0.05, 0.1) is 18.0 Å². The summed E-state index contributed by atoms with van der Waals surface area (Å²) in [6.07, 6.45) is 1.38. The van der Waals surface area contributed by atoms with Gasteiger partial charge in [-0.3, -0.25) is 14.7 Å². The van der Waals surface area contributed by atoms with Crippen LogP contribution in [0.3, 0.4) is 0 Å². The molecule has 0 saturated heterocycles. The monoisotopic (exact) mass is 289 g/mol. The molecule has 3 N–H and O–H groups in total. The Labute approximate surface area is 118 Å². The van der Waals surface area contributed by atoms with E-state index in [1.165, 1.54) is 18.1 Å². The van der Waals surface area contributed by atoms with E-state index >= 15 is 0 Å². The Bertz CT molecular complexity index is 656. The Kier molecular flexibility index (Phi) is 3.38. The van der Waals surface area contributed by atoms with E-state index < -0.39 is 0 Å². The van der Waals surface area contributed by atoms with Crippen molar-refractivity contribution in [1.82, 2.24) is 20.5 Å². The van der Waals surface area contributed by atoms with Crippen LogP contribution in [0.2, 0.25) is 0 Å². The molecule has 2 aromatic rings. The van der Waals surface area contributed by atoms with Gasteiger partial charge < -0.3 is 10.6 Å². The number of hydrogen-bond donors (Lipinski definition) is 3. The Balaban J connectivity index is 1.72. The standard InChI is InChI=1S/C12H11N5O2S/c18-11-5-20-9-2-1-7(3-8(9)16-11)12(19)13-4-10-14-6-15-17-10/h1-3,6H,4-5H2,(H,13,19)(H,16,18)(H,14,15,17). The predicted molar refractivity (Wildman–Crippen MR) is 73.3 cm³/mol. The fourth-order valence-corrected chi connectivity index (χ4v) is 2.59. The number of nitrogens with zero attached hydrogens (tertiary/aromatic N) is 2. The number of amides is 2. The molecule has 0 saturated carbocycles. The first-order chi connectivity index (χ1) is 9.72. The number of carbonyl (C=O) groups excluding carboxylic acids is 2. The number of nitrogens with one attached hydrogen (secondary N) is 3. The maximum Gasteiger partial charge on any atom is 0.251 e. The second-order valence-corrected chi connectivity index (χ2v) is 5.18. The predicted octanol–water partition coefficient (Wildman–Crippen LogP) is 0.779. The average molecular weight is 289 g/mol. The zero-order valence-electron chi connectivity index (χ0n) is 10.3. The van der Waals surface area contributed by atoms with Crippen LogP contribution in [-0.2, 0) is 11.3 Å². The van der Waals surface area contributed by atoms with Gasteiger partial charge in [0.1, 0.15) is 12.2 Å². The molecule has 102 valence electrons. The minimum Gasteiger partial charge on any atom is -0.345 e. The van der Waals surface area contributed by atoms with Crippen molar-refractivity contribution in [3.63, 3.8) is 0 Å². The molecule has 0 aliphatic carbocycles. The number of benzene rings is 1. The van der Waals surface area contributed by atoms with Crippen LogP contribution in [0, 0.1) is 0 Å². The van der Waals surface area contributed by atoms with Crippen LogP contribution in [0.15, 0.2) is 29.4 Å². The molecule has 0 spiro atoms. The lowest BCUT2D eigenvalue weighted by molar-refractivity contribution is -0.113. The molecule has 1 aromatic heterocycles. The number of H-pyrrole nitrogens is 1. The van der Waals surface area contributed by atoms with Crippen molar-refractivity contribution >= 4 is 29.3 Å². The molecule has 20 heavy (non-hydrogen) atoms. The molecule has 7 nitrogen and oxygen atoms in total. The van der Waals surface area contributed by atoms with Crippen molar-refractivity contribution in [3.05, 3.63) is 35.9 Å². The topological polar surface area (TPSA) is 99.8 Å². The van der Waals surface area contributed by atoms with Gasteiger partial charge in [-0.1, -0.05) is 0 Å². The van der Waals surface area contributed by atoms with Gasteiger partial charge in [0.25, 0.3) is 5.91 Å². The van der Waals surface area contributed by atoms with Gasteiger partial charge in [-0.05, 0) is 18.2 Å². The second kappa shape index (κ2) is 5.33. The number of thioether (sulfide) groups is 1. The molecule has 1 aromatic carbocycles. The summed E-state index contributed by atoms with van der Waals surface area (Å²) in [5, 5.41) is 11.8. The third kappa shape index (κ3) is 2.64. The molecule has 0 bridgehead atoms. The van der Waals surface area contributed by atoms with Gasteiger partial charge in [-0.2, -0.15) is 5.10 Å². The maximum absolute atomic E-state index is 12.0. The van der Waals surface area contributed by atoms with Crippen molar-refractivity contribution in [2.75, 3.05) is 11.1 Å². The molecular weight excluding hydrogens is 278 g/mol. The molecule has 0 unspecified atom stereocenters. The highest BCUT2D eigenvalue weighted by atomic mass is 32.2. The molecule has 3 rings (SSSR count). The first kappa shape index (κ1) is 12.7. The number of carbonyl (C=O) groups is 2. The molecule has 2 amide bonds. The summed E-state index contributed by atoms with van der Waals surface area (Å²) in [4.78, 5) is 28.2. The SMILES string of the molecule is O=C1CSc2ccc(C(=O)NCc3ncn[nH]3)cc2N1. The van der Waals surface area contributed by atoms with E-state index in [4.69, 9.17) is 0 Å². The molecule has 1 aliphatic rings. The molecule has 0 radical (unpaired) electrons. The smallest absolute Gasteiger partial charge is 0.251 e. The van der Waals surface area contributed by atoms with E-state index in [-0.39, 0.29) is 18.4 Å². The summed E-state index contributed by atoms with van der Waals surface area (Å²) in [6, 6.07) is 5.25. The Morgan fingerprint density at radius 1 is 1.45 bits per heavy atom. The van der Waals surface area contributed by atoms with Crippen LogP contribution in [0.25, 0.3) is 0 Å². The van der Waals surface area contributed by atoms with Gasteiger partial charge in [-0.25, -0.2) is 4.98 Å². The van der Waals surface area contributed by atoms with Crippen molar-refractivity contribution in [1.29, 1.82) is 0 Å². The number of aromatic nitrogens is 3. The van der Waals surface area contributed by atoms with Gasteiger partial charge >= 0.3 is 0 Å². The summed E-state index contributed by atoms with van der Waals surface area (Å²) >= 11 is 1.46. The zero-order valence-corrected chi connectivity index (χ0v) is 11.2. The Hall–Kier alpha value is -2.35. The molecule has 0 fully saturated rings. The van der Waals surface area contributed by atoms with E-state index in [0.29, 0.717) is 22.8 Å². The van der Waals surface area contributed by atoms with Crippen LogP contribution < -0.4 is 10.6 Å². The molecule has 1 aliphatic heterocycles. The summed E-state index contributed by atoms with van der Waals surface area (Å²) in [5.41, 5.74) is 1.17. The van der Waals surface area contributed by atoms with Crippen LogP contribution in [0.1, 0.15) is 16.2 Å². The van der Waals surface area contributed by atoms with E-state index in [1.807, 2.05) is 6.07 Å². The fourth-order valence-electron chi connectivity index (χ4n) is 1.81. The Morgan fingerprint density at radius 2 is 2.35 bits per heavy atom. The van der Waals surface area contributed by atoms with Crippen molar-refractivity contribution in [2.45, 2.75) is 11.4 Å². The van der Waals surface area contributed by atoms with Gasteiger partial charge in [0.15, 0.2) is 0 Å². The van der Waals surface area contributed by atoms with E-state index in [0.717, 1.165) is 4.90 Å². The summed E-state index contributed by atoms with van der Waals surface area (Å²) in [6.45, 7) is 0.275. The van der Waals surface area contributed by atoms with Crippen molar-refractivity contribution in [3.8, 4) is 0 Å². The second-order valence-electron chi connectivity index (χ2n) is 4.16. The molecule has 2 heterocycles.